The molecule has 1 aliphatic heterocycles. The van der Waals surface area contributed by atoms with E-state index in [-0.39, 0.29) is 6.61 Å². The molecule has 0 unspecified atom stereocenters. The molecule has 2 aromatic carbocycles. The zero-order chi connectivity index (χ0) is 19.7. The minimum absolute atomic E-state index is 0.205. The van der Waals surface area contributed by atoms with Crippen LogP contribution in [0.1, 0.15) is 25.5 Å². The third-order valence-corrected chi connectivity index (χ3v) is 4.78. The number of benzene rings is 2. The number of hydrogen-bond acceptors (Lipinski definition) is 5. The van der Waals surface area contributed by atoms with Gasteiger partial charge in [-0.15, -0.1) is 0 Å². The number of nitrogens with one attached hydrogen (secondary N) is 1. The van der Waals surface area contributed by atoms with Crippen molar-refractivity contribution in [2.45, 2.75) is 19.9 Å². The Labute approximate surface area is 162 Å². The molecule has 0 radical (unpaired) electrons. The van der Waals surface area contributed by atoms with Gasteiger partial charge in [-0.2, -0.15) is 0 Å². The standard InChI is InChI=1S/C21H21N3O4/c1-3-27-14-11-9-13(10-12-14)18-17(20(26)28-4-2)19(25)23-21-22-15-7-5-6-8-16(15)24(18)21/h5-12,17-18H,3-4H2,1-2H3,(H,22,23,25)/t17-,18+/m1/s1. The number of aromatic nitrogens is 2. The van der Waals surface area contributed by atoms with E-state index < -0.39 is 23.8 Å². The van der Waals surface area contributed by atoms with E-state index in [1.54, 1.807) is 6.92 Å². The van der Waals surface area contributed by atoms with E-state index in [0.29, 0.717) is 12.6 Å². The van der Waals surface area contributed by atoms with Crippen molar-refractivity contribution < 1.29 is 19.1 Å². The summed E-state index contributed by atoms with van der Waals surface area (Å²) in [5.41, 5.74) is 2.39. The lowest BCUT2D eigenvalue weighted by atomic mass is 9.90. The van der Waals surface area contributed by atoms with Crippen LogP contribution in [0.25, 0.3) is 11.0 Å². The summed E-state index contributed by atoms with van der Waals surface area (Å²) >= 11 is 0. The molecule has 3 aromatic rings. The van der Waals surface area contributed by atoms with Crippen LogP contribution in [0.3, 0.4) is 0 Å². The van der Waals surface area contributed by atoms with Crippen molar-refractivity contribution in [1.82, 2.24) is 9.55 Å². The number of carbonyl (C=O) groups is 2. The second kappa shape index (κ2) is 7.34. The second-order valence-corrected chi connectivity index (χ2v) is 6.46. The van der Waals surface area contributed by atoms with Crippen LogP contribution in [0.15, 0.2) is 48.5 Å². The van der Waals surface area contributed by atoms with Gasteiger partial charge in [-0.05, 0) is 43.7 Å². The van der Waals surface area contributed by atoms with Crippen molar-refractivity contribution in [2.24, 2.45) is 5.92 Å². The summed E-state index contributed by atoms with van der Waals surface area (Å²) in [6.07, 6.45) is 0. The topological polar surface area (TPSA) is 82.5 Å². The molecule has 4 rings (SSSR count). The lowest BCUT2D eigenvalue weighted by Crippen LogP contribution is -2.43. The molecule has 2 atom stereocenters. The molecule has 7 nitrogen and oxygen atoms in total. The lowest BCUT2D eigenvalue weighted by molar-refractivity contribution is -0.152. The summed E-state index contributed by atoms with van der Waals surface area (Å²) in [5, 5.41) is 2.76. The number of imidazole rings is 1. The van der Waals surface area contributed by atoms with Crippen LogP contribution in [-0.4, -0.2) is 34.6 Å². The lowest BCUT2D eigenvalue weighted by Gasteiger charge is -2.32. The van der Waals surface area contributed by atoms with Gasteiger partial charge in [0.15, 0.2) is 5.92 Å². The number of rotatable bonds is 5. The molecule has 1 amide bonds. The number of carbonyl (C=O) groups excluding carboxylic acids is 2. The number of para-hydroxylation sites is 2. The van der Waals surface area contributed by atoms with E-state index >= 15 is 0 Å². The summed E-state index contributed by atoms with van der Waals surface area (Å²) in [6, 6.07) is 14.5. The normalized spacial score (nSPS) is 18.4. The average Bonchev–Trinajstić information content (AvgIpc) is 3.06. The first kappa shape index (κ1) is 18.0. The molecule has 7 heteroatoms. The summed E-state index contributed by atoms with van der Waals surface area (Å²) in [7, 11) is 0. The SMILES string of the molecule is CCOC(=O)[C@H]1C(=O)Nc2nc3ccccc3n2[C@H]1c1ccc(OCC)cc1. The van der Waals surface area contributed by atoms with E-state index in [4.69, 9.17) is 9.47 Å². The highest BCUT2D eigenvalue weighted by molar-refractivity contribution is 6.07. The highest BCUT2D eigenvalue weighted by atomic mass is 16.5. The van der Waals surface area contributed by atoms with Gasteiger partial charge < -0.3 is 14.0 Å². The first-order valence-corrected chi connectivity index (χ1v) is 9.31. The fourth-order valence-electron chi connectivity index (χ4n) is 3.63. The number of amides is 1. The third kappa shape index (κ3) is 2.98. The van der Waals surface area contributed by atoms with Crippen molar-refractivity contribution in [3.05, 3.63) is 54.1 Å². The summed E-state index contributed by atoms with van der Waals surface area (Å²) < 4.78 is 12.6. The van der Waals surface area contributed by atoms with Gasteiger partial charge in [0.05, 0.1) is 30.3 Å². The number of ether oxygens (including phenoxy) is 2. The number of hydrogen-bond donors (Lipinski definition) is 1. The van der Waals surface area contributed by atoms with Gasteiger partial charge in [-0.1, -0.05) is 24.3 Å². The van der Waals surface area contributed by atoms with E-state index in [1.165, 1.54) is 0 Å². The van der Waals surface area contributed by atoms with E-state index in [9.17, 15) is 9.59 Å². The molecule has 28 heavy (non-hydrogen) atoms. The Bertz CT molecular complexity index is 1030. The van der Waals surface area contributed by atoms with Gasteiger partial charge in [0.25, 0.3) is 0 Å². The van der Waals surface area contributed by atoms with Crippen molar-refractivity contribution in [2.75, 3.05) is 18.5 Å². The first-order valence-electron chi connectivity index (χ1n) is 9.31. The van der Waals surface area contributed by atoms with Crippen molar-refractivity contribution in [3.8, 4) is 5.75 Å². The monoisotopic (exact) mass is 379 g/mol. The summed E-state index contributed by atoms with van der Waals surface area (Å²) in [5.74, 6) is -0.828. The Morgan fingerprint density at radius 1 is 1.11 bits per heavy atom. The van der Waals surface area contributed by atoms with Gasteiger partial charge in [0.2, 0.25) is 11.9 Å². The minimum Gasteiger partial charge on any atom is -0.494 e. The van der Waals surface area contributed by atoms with Crippen LogP contribution < -0.4 is 10.1 Å². The van der Waals surface area contributed by atoms with Crippen LogP contribution in [0.4, 0.5) is 5.95 Å². The molecule has 1 aliphatic rings. The number of nitrogens with zero attached hydrogens (tertiary/aromatic N) is 2. The Morgan fingerprint density at radius 3 is 2.57 bits per heavy atom. The maximum atomic E-state index is 12.8. The Balaban J connectivity index is 1.89. The first-order chi connectivity index (χ1) is 13.6. The van der Waals surface area contributed by atoms with Crippen LogP contribution in [0, 0.1) is 5.92 Å². The van der Waals surface area contributed by atoms with Gasteiger partial charge in [0.1, 0.15) is 5.75 Å². The van der Waals surface area contributed by atoms with Crippen LogP contribution in [-0.2, 0) is 14.3 Å². The highest BCUT2D eigenvalue weighted by Gasteiger charge is 2.44. The van der Waals surface area contributed by atoms with Crippen molar-refractivity contribution in [1.29, 1.82) is 0 Å². The zero-order valence-corrected chi connectivity index (χ0v) is 15.7. The molecule has 0 bridgehead atoms. The van der Waals surface area contributed by atoms with Gasteiger partial charge in [-0.3, -0.25) is 14.9 Å². The van der Waals surface area contributed by atoms with E-state index in [2.05, 4.69) is 10.3 Å². The highest BCUT2D eigenvalue weighted by Crippen LogP contribution is 2.39. The Morgan fingerprint density at radius 2 is 1.86 bits per heavy atom. The molecule has 2 heterocycles. The largest absolute Gasteiger partial charge is 0.494 e. The maximum absolute atomic E-state index is 12.8. The van der Waals surface area contributed by atoms with E-state index in [0.717, 1.165) is 22.3 Å². The maximum Gasteiger partial charge on any atom is 0.321 e. The third-order valence-electron chi connectivity index (χ3n) is 4.78. The Kier molecular flexibility index (Phi) is 4.73. The average molecular weight is 379 g/mol. The van der Waals surface area contributed by atoms with Gasteiger partial charge in [-0.25, -0.2) is 4.98 Å². The molecule has 0 saturated carbocycles. The molecule has 1 N–H and O–H groups in total. The molecule has 0 aliphatic carbocycles. The zero-order valence-electron chi connectivity index (χ0n) is 15.7. The molecular weight excluding hydrogens is 358 g/mol. The molecule has 0 saturated heterocycles. The number of esters is 1. The second-order valence-electron chi connectivity index (χ2n) is 6.46. The Hall–Kier alpha value is -3.35. The van der Waals surface area contributed by atoms with Crippen molar-refractivity contribution >= 4 is 28.9 Å². The van der Waals surface area contributed by atoms with E-state index in [1.807, 2.05) is 60.0 Å². The predicted molar refractivity (Wildman–Crippen MR) is 104 cm³/mol. The summed E-state index contributed by atoms with van der Waals surface area (Å²) in [6.45, 7) is 4.41. The van der Waals surface area contributed by atoms with Gasteiger partial charge >= 0.3 is 5.97 Å². The predicted octanol–water partition coefficient (Wildman–Crippen LogP) is 3.16. The van der Waals surface area contributed by atoms with Gasteiger partial charge in [0, 0.05) is 0 Å². The molecule has 0 spiro atoms. The minimum atomic E-state index is -1.01. The number of fused-ring (bicyclic) bond motifs is 3. The summed E-state index contributed by atoms with van der Waals surface area (Å²) in [4.78, 5) is 30.0. The molecular formula is C21H21N3O4. The van der Waals surface area contributed by atoms with Crippen LogP contribution in [0.5, 0.6) is 5.75 Å². The molecule has 0 fully saturated rings. The fraction of sp³-hybridized carbons (Fsp3) is 0.286. The quantitative estimate of drug-likeness (QED) is 0.544. The van der Waals surface area contributed by atoms with Crippen LogP contribution in [0.2, 0.25) is 0 Å². The smallest absolute Gasteiger partial charge is 0.321 e. The molecule has 1 aromatic heterocycles. The molecule has 144 valence electrons. The van der Waals surface area contributed by atoms with Crippen molar-refractivity contribution in [3.63, 3.8) is 0 Å². The fourth-order valence-corrected chi connectivity index (χ4v) is 3.63. The number of anilines is 1. The van der Waals surface area contributed by atoms with Crippen LogP contribution >= 0.6 is 0 Å².